The lowest BCUT2D eigenvalue weighted by atomic mass is 9.88. The van der Waals surface area contributed by atoms with Crippen molar-refractivity contribution in [2.24, 2.45) is 12.8 Å². The quantitative estimate of drug-likeness (QED) is 0.786. The number of para-hydroxylation sites is 1. The molecule has 0 radical (unpaired) electrons. The van der Waals surface area contributed by atoms with E-state index >= 15 is 0 Å². The second kappa shape index (κ2) is 5.28. The van der Waals surface area contributed by atoms with Gasteiger partial charge in [0.15, 0.2) is 0 Å². The summed E-state index contributed by atoms with van der Waals surface area (Å²) < 4.78 is 2.96. The van der Waals surface area contributed by atoms with E-state index < -0.39 is 5.54 Å². The fraction of sp³-hybridized carbons (Fsp3) is 0.235. The smallest absolute Gasteiger partial charge is 0.0724 e. The van der Waals surface area contributed by atoms with Crippen LogP contribution in [0.3, 0.4) is 0 Å². The monoisotopic (exact) mass is 343 g/mol. The molecule has 0 saturated carbocycles. The lowest BCUT2D eigenvalue weighted by molar-refractivity contribution is 0.483. The summed E-state index contributed by atoms with van der Waals surface area (Å²) >= 11 is 3.51. The Labute approximate surface area is 132 Å². The highest BCUT2D eigenvalue weighted by molar-refractivity contribution is 9.10. The Morgan fingerprint density at radius 2 is 1.95 bits per heavy atom. The zero-order chi connectivity index (χ0) is 15.0. The van der Waals surface area contributed by atoms with E-state index in [0.717, 1.165) is 21.2 Å². The van der Waals surface area contributed by atoms with Gasteiger partial charge in [-0.2, -0.15) is 5.10 Å². The van der Waals surface area contributed by atoms with Crippen LogP contribution in [0.1, 0.15) is 18.2 Å². The van der Waals surface area contributed by atoms with Gasteiger partial charge in [0.1, 0.15) is 0 Å². The standard InChI is InChI=1S/C17H18BrN3/c1-17(19,12-6-5-7-13(18)10-12)11-15-14-8-3-4-9-16(14)21(2)20-15/h3-10H,11,19H2,1-2H3. The molecule has 3 aromatic rings. The van der Waals surface area contributed by atoms with Crippen LogP contribution >= 0.6 is 15.9 Å². The van der Waals surface area contributed by atoms with Crippen LogP contribution in [0, 0.1) is 0 Å². The third-order valence-corrected chi connectivity index (χ3v) is 4.35. The highest BCUT2D eigenvalue weighted by atomic mass is 79.9. The molecule has 0 bridgehead atoms. The topological polar surface area (TPSA) is 43.8 Å². The van der Waals surface area contributed by atoms with Crippen LogP contribution in [-0.4, -0.2) is 9.78 Å². The van der Waals surface area contributed by atoms with Crippen LogP contribution < -0.4 is 5.73 Å². The van der Waals surface area contributed by atoms with Crippen LogP contribution in [-0.2, 0) is 19.0 Å². The molecule has 0 aliphatic heterocycles. The van der Waals surface area contributed by atoms with Crippen molar-refractivity contribution >= 4 is 26.8 Å². The maximum atomic E-state index is 6.57. The molecule has 1 aromatic heterocycles. The highest BCUT2D eigenvalue weighted by Gasteiger charge is 2.24. The van der Waals surface area contributed by atoms with Crippen molar-refractivity contribution in [3.8, 4) is 0 Å². The van der Waals surface area contributed by atoms with Gasteiger partial charge in [-0.15, -0.1) is 0 Å². The lowest BCUT2D eigenvalue weighted by Gasteiger charge is -2.24. The van der Waals surface area contributed by atoms with E-state index in [1.807, 2.05) is 36.0 Å². The molecule has 21 heavy (non-hydrogen) atoms. The number of fused-ring (bicyclic) bond motifs is 1. The molecular weight excluding hydrogens is 326 g/mol. The van der Waals surface area contributed by atoms with Crippen molar-refractivity contribution in [3.63, 3.8) is 0 Å². The Morgan fingerprint density at radius 1 is 1.19 bits per heavy atom. The molecule has 108 valence electrons. The molecule has 0 spiro atoms. The van der Waals surface area contributed by atoms with Crippen LogP contribution in [0.25, 0.3) is 10.9 Å². The SMILES string of the molecule is Cn1nc(CC(C)(N)c2cccc(Br)c2)c2ccccc21. The molecule has 0 amide bonds. The number of nitrogens with zero attached hydrogens (tertiary/aromatic N) is 2. The first-order valence-corrected chi connectivity index (χ1v) is 7.72. The maximum absolute atomic E-state index is 6.57. The minimum absolute atomic E-state index is 0.457. The van der Waals surface area contributed by atoms with E-state index in [0.29, 0.717) is 6.42 Å². The molecule has 0 aliphatic carbocycles. The third kappa shape index (κ3) is 2.74. The average molecular weight is 344 g/mol. The van der Waals surface area contributed by atoms with Crippen molar-refractivity contribution in [2.45, 2.75) is 18.9 Å². The van der Waals surface area contributed by atoms with Gasteiger partial charge in [0, 0.05) is 28.9 Å². The summed E-state index contributed by atoms with van der Waals surface area (Å²) in [6.07, 6.45) is 0.699. The normalized spacial score (nSPS) is 14.3. The van der Waals surface area contributed by atoms with Gasteiger partial charge < -0.3 is 5.73 Å². The predicted octanol–water partition coefficient (Wildman–Crippen LogP) is 3.75. The molecule has 1 unspecified atom stereocenters. The van der Waals surface area contributed by atoms with Gasteiger partial charge in [-0.1, -0.05) is 46.3 Å². The number of hydrogen-bond donors (Lipinski definition) is 1. The number of aryl methyl sites for hydroxylation is 1. The van der Waals surface area contributed by atoms with Gasteiger partial charge >= 0.3 is 0 Å². The summed E-state index contributed by atoms with van der Waals surface area (Å²) in [6.45, 7) is 2.05. The minimum atomic E-state index is -0.457. The van der Waals surface area contributed by atoms with Gasteiger partial charge in [-0.05, 0) is 30.7 Å². The zero-order valence-electron chi connectivity index (χ0n) is 12.2. The minimum Gasteiger partial charge on any atom is -0.321 e. The van der Waals surface area contributed by atoms with Gasteiger partial charge in [-0.25, -0.2) is 0 Å². The lowest BCUT2D eigenvalue weighted by Crippen LogP contribution is -2.35. The zero-order valence-corrected chi connectivity index (χ0v) is 13.8. The number of nitrogens with two attached hydrogens (primary N) is 1. The number of halogens is 1. The van der Waals surface area contributed by atoms with E-state index in [-0.39, 0.29) is 0 Å². The average Bonchev–Trinajstić information content (AvgIpc) is 2.75. The summed E-state index contributed by atoms with van der Waals surface area (Å²) in [6, 6.07) is 16.4. The Morgan fingerprint density at radius 3 is 2.71 bits per heavy atom. The summed E-state index contributed by atoms with van der Waals surface area (Å²) in [5, 5.41) is 5.82. The Balaban J connectivity index is 2.01. The molecule has 3 nitrogen and oxygen atoms in total. The second-order valence-electron chi connectivity index (χ2n) is 5.69. The third-order valence-electron chi connectivity index (χ3n) is 3.85. The van der Waals surface area contributed by atoms with Crippen LogP contribution in [0.4, 0.5) is 0 Å². The number of hydrogen-bond acceptors (Lipinski definition) is 2. The van der Waals surface area contributed by atoms with Crippen molar-refractivity contribution in [3.05, 3.63) is 64.3 Å². The first kappa shape index (κ1) is 14.3. The number of rotatable bonds is 3. The molecule has 3 rings (SSSR count). The van der Waals surface area contributed by atoms with Crippen molar-refractivity contribution in [1.29, 1.82) is 0 Å². The molecule has 0 saturated heterocycles. The summed E-state index contributed by atoms with van der Waals surface area (Å²) in [7, 11) is 1.97. The molecule has 0 aliphatic rings. The van der Waals surface area contributed by atoms with E-state index in [4.69, 9.17) is 5.73 Å². The number of aromatic nitrogens is 2. The molecule has 1 atom stereocenters. The predicted molar refractivity (Wildman–Crippen MR) is 90.1 cm³/mol. The van der Waals surface area contributed by atoms with E-state index in [2.05, 4.69) is 52.2 Å². The number of benzene rings is 2. The Kier molecular flexibility index (Phi) is 3.59. The molecule has 4 heteroatoms. The first-order chi connectivity index (χ1) is 9.97. The molecule has 1 heterocycles. The van der Waals surface area contributed by atoms with E-state index in [1.54, 1.807) is 0 Å². The van der Waals surface area contributed by atoms with Crippen LogP contribution in [0.15, 0.2) is 53.0 Å². The Bertz CT molecular complexity index is 790. The van der Waals surface area contributed by atoms with Crippen molar-refractivity contribution in [1.82, 2.24) is 9.78 Å². The van der Waals surface area contributed by atoms with E-state index in [9.17, 15) is 0 Å². The van der Waals surface area contributed by atoms with E-state index in [1.165, 1.54) is 5.39 Å². The van der Waals surface area contributed by atoms with Gasteiger partial charge in [0.25, 0.3) is 0 Å². The van der Waals surface area contributed by atoms with Crippen LogP contribution in [0.2, 0.25) is 0 Å². The van der Waals surface area contributed by atoms with Gasteiger partial charge in [-0.3, -0.25) is 4.68 Å². The summed E-state index contributed by atoms with van der Waals surface area (Å²) in [4.78, 5) is 0. The summed E-state index contributed by atoms with van der Waals surface area (Å²) in [5.74, 6) is 0. The molecular formula is C17H18BrN3. The van der Waals surface area contributed by atoms with Crippen LogP contribution in [0.5, 0.6) is 0 Å². The van der Waals surface area contributed by atoms with Gasteiger partial charge in [0.2, 0.25) is 0 Å². The Hall–Kier alpha value is -1.65. The maximum Gasteiger partial charge on any atom is 0.0724 e. The molecule has 0 fully saturated rings. The van der Waals surface area contributed by atoms with Crippen molar-refractivity contribution in [2.75, 3.05) is 0 Å². The molecule has 2 aromatic carbocycles. The highest BCUT2D eigenvalue weighted by Crippen LogP contribution is 2.28. The first-order valence-electron chi connectivity index (χ1n) is 6.93. The fourth-order valence-corrected chi connectivity index (χ4v) is 3.11. The van der Waals surface area contributed by atoms with Gasteiger partial charge in [0.05, 0.1) is 11.2 Å². The largest absolute Gasteiger partial charge is 0.321 e. The summed E-state index contributed by atoms with van der Waals surface area (Å²) in [5.41, 5.74) is 9.39. The second-order valence-corrected chi connectivity index (χ2v) is 6.61. The van der Waals surface area contributed by atoms with Crippen molar-refractivity contribution < 1.29 is 0 Å². The fourth-order valence-electron chi connectivity index (χ4n) is 2.71. The molecule has 2 N–H and O–H groups in total.